The Kier molecular flexibility index (Phi) is 3.58. The maximum atomic E-state index is 10.5. The molecule has 17 heavy (non-hydrogen) atoms. The van der Waals surface area contributed by atoms with Crippen LogP contribution in [0.2, 0.25) is 0 Å². The molecule has 0 bridgehead atoms. The Labute approximate surface area is 107 Å². The summed E-state index contributed by atoms with van der Waals surface area (Å²) in [6.07, 6.45) is 2.25. The molecular weight excluding hydrogens is 284 g/mol. The highest BCUT2D eigenvalue weighted by molar-refractivity contribution is 9.10. The number of nitrogens with one attached hydrogen (secondary N) is 1. The van der Waals surface area contributed by atoms with E-state index in [1.807, 2.05) is 24.3 Å². The average molecular weight is 295 g/mol. The molecule has 0 fully saturated rings. The largest absolute Gasteiger partial charge is 0.481 e. The third kappa shape index (κ3) is 2.94. The van der Waals surface area contributed by atoms with Gasteiger partial charge in [-0.2, -0.15) is 0 Å². The van der Waals surface area contributed by atoms with E-state index in [0.29, 0.717) is 6.42 Å². The first kappa shape index (κ1) is 11.9. The molecule has 2 N–H and O–H groups in total. The van der Waals surface area contributed by atoms with E-state index in [1.165, 1.54) is 0 Å². The van der Waals surface area contributed by atoms with Crippen molar-refractivity contribution in [1.29, 1.82) is 0 Å². The zero-order valence-electron chi connectivity index (χ0n) is 8.98. The van der Waals surface area contributed by atoms with Crippen LogP contribution >= 0.6 is 15.9 Å². The Hall–Kier alpha value is -1.62. The summed E-state index contributed by atoms with van der Waals surface area (Å²) in [7, 11) is 0. The zero-order valence-corrected chi connectivity index (χ0v) is 10.6. The molecule has 0 amide bonds. The molecule has 0 saturated heterocycles. The fourth-order valence-electron chi connectivity index (χ4n) is 1.52. The number of carboxylic acids is 1. The van der Waals surface area contributed by atoms with Crippen molar-refractivity contribution in [3.63, 3.8) is 0 Å². The summed E-state index contributed by atoms with van der Waals surface area (Å²) >= 11 is 3.45. The van der Waals surface area contributed by atoms with Gasteiger partial charge in [0.2, 0.25) is 0 Å². The molecule has 0 unspecified atom stereocenters. The zero-order chi connectivity index (χ0) is 12.3. The number of aryl methyl sites for hydroxylation is 1. The quantitative estimate of drug-likeness (QED) is 0.911. The van der Waals surface area contributed by atoms with Crippen molar-refractivity contribution in [1.82, 2.24) is 9.97 Å². The monoisotopic (exact) mass is 294 g/mol. The predicted octanol–water partition coefficient (Wildman–Crippen LogP) is 2.86. The molecule has 0 aliphatic rings. The van der Waals surface area contributed by atoms with E-state index >= 15 is 0 Å². The molecule has 1 aromatic heterocycles. The SMILES string of the molecule is O=C(O)CCc1cnc(-c2ccccc2Br)[nH]1. The lowest BCUT2D eigenvalue weighted by Gasteiger charge is -1.99. The number of aliphatic carboxylic acids is 1. The molecule has 1 aromatic carbocycles. The average Bonchev–Trinajstić information content (AvgIpc) is 2.75. The molecule has 5 heteroatoms. The molecule has 2 aromatic rings. The van der Waals surface area contributed by atoms with Gasteiger partial charge < -0.3 is 10.1 Å². The van der Waals surface area contributed by atoms with Gasteiger partial charge in [-0.1, -0.05) is 34.1 Å². The number of benzene rings is 1. The smallest absolute Gasteiger partial charge is 0.303 e. The van der Waals surface area contributed by atoms with Crippen molar-refractivity contribution < 1.29 is 9.90 Å². The van der Waals surface area contributed by atoms with Gasteiger partial charge in [-0.25, -0.2) is 4.98 Å². The number of H-pyrrole nitrogens is 1. The summed E-state index contributed by atoms with van der Waals surface area (Å²) in [6.45, 7) is 0. The van der Waals surface area contributed by atoms with Crippen LogP contribution in [-0.4, -0.2) is 21.0 Å². The molecule has 0 aliphatic heterocycles. The van der Waals surface area contributed by atoms with E-state index < -0.39 is 5.97 Å². The van der Waals surface area contributed by atoms with Gasteiger partial charge in [-0.3, -0.25) is 4.79 Å². The van der Waals surface area contributed by atoms with E-state index in [2.05, 4.69) is 25.9 Å². The van der Waals surface area contributed by atoms with E-state index in [0.717, 1.165) is 21.6 Å². The summed E-state index contributed by atoms with van der Waals surface area (Å²) in [6, 6.07) is 7.75. The van der Waals surface area contributed by atoms with Crippen LogP contribution in [0.1, 0.15) is 12.1 Å². The molecule has 0 atom stereocenters. The van der Waals surface area contributed by atoms with E-state index in [9.17, 15) is 4.79 Å². The Morgan fingerprint density at radius 1 is 1.41 bits per heavy atom. The number of rotatable bonds is 4. The van der Waals surface area contributed by atoms with Crippen molar-refractivity contribution in [2.45, 2.75) is 12.8 Å². The van der Waals surface area contributed by atoms with Gasteiger partial charge >= 0.3 is 5.97 Å². The Bertz CT molecular complexity index is 537. The van der Waals surface area contributed by atoms with Crippen LogP contribution in [0.4, 0.5) is 0 Å². The lowest BCUT2D eigenvalue weighted by Crippen LogP contribution is -1.97. The second-order valence-electron chi connectivity index (χ2n) is 3.63. The second-order valence-corrected chi connectivity index (χ2v) is 4.48. The molecule has 0 aliphatic carbocycles. The summed E-state index contributed by atoms with van der Waals surface area (Å²) in [5.41, 5.74) is 1.80. The lowest BCUT2D eigenvalue weighted by molar-refractivity contribution is -0.136. The van der Waals surface area contributed by atoms with Crippen LogP contribution in [0, 0.1) is 0 Å². The van der Waals surface area contributed by atoms with Gasteiger partial charge in [-0.15, -0.1) is 0 Å². The number of aromatic nitrogens is 2. The minimum absolute atomic E-state index is 0.109. The van der Waals surface area contributed by atoms with Crippen LogP contribution in [0.15, 0.2) is 34.9 Å². The maximum Gasteiger partial charge on any atom is 0.303 e. The number of carbonyl (C=O) groups is 1. The number of aromatic amines is 1. The minimum atomic E-state index is -0.804. The first-order valence-corrected chi connectivity index (χ1v) is 5.96. The van der Waals surface area contributed by atoms with Crippen molar-refractivity contribution in [3.8, 4) is 11.4 Å². The van der Waals surface area contributed by atoms with E-state index in [4.69, 9.17) is 5.11 Å². The van der Waals surface area contributed by atoms with Crippen molar-refractivity contribution in [2.24, 2.45) is 0 Å². The fraction of sp³-hybridized carbons (Fsp3) is 0.167. The Balaban J connectivity index is 2.18. The van der Waals surface area contributed by atoms with Gasteiger partial charge in [-0.05, 0) is 12.5 Å². The molecular formula is C12H11BrN2O2. The van der Waals surface area contributed by atoms with Crippen LogP contribution in [0.3, 0.4) is 0 Å². The van der Waals surface area contributed by atoms with Crippen molar-refractivity contribution >= 4 is 21.9 Å². The van der Waals surface area contributed by atoms with Crippen LogP contribution < -0.4 is 0 Å². The van der Waals surface area contributed by atoms with Gasteiger partial charge in [0.1, 0.15) is 5.82 Å². The molecule has 0 saturated carbocycles. The minimum Gasteiger partial charge on any atom is -0.481 e. The van der Waals surface area contributed by atoms with Crippen molar-refractivity contribution in [3.05, 3.63) is 40.6 Å². The third-order valence-electron chi connectivity index (χ3n) is 2.37. The Morgan fingerprint density at radius 2 is 2.18 bits per heavy atom. The van der Waals surface area contributed by atoms with Crippen LogP contribution in [-0.2, 0) is 11.2 Å². The summed E-state index contributed by atoms with van der Waals surface area (Å²) in [5, 5.41) is 8.60. The standard InChI is InChI=1S/C12H11BrN2O2/c13-10-4-2-1-3-9(10)12-14-7-8(15-12)5-6-11(16)17/h1-4,7H,5-6H2,(H,14,15)(H,16,17). The molecule has 1 heterocycles. The number of hydrogen-bond acceptors (Lipinski definition) is 2. The summed E-state index contributed by atoms with van der Waals surface area (Å²) < 4.78 is 0.958. The normalized spacial score (nSPS) is 10.4. The predicted molar refractivity (Wildman–Crippen MR) is 67.7 cm³/mol. The number of hydrogen-bond donors (Lipinski definition) is 2. The highest BCUT2D eigenvalue weighted by Crippen LogP contribution is 2.25. The first-order valence-electron chi connectivity index (χ1n) is 5.17. The van der Waals surface area contributed by atoms with Crippen LogP contribution in [0.5, 0.6) is 0 Å². The molecule has 0 radical (unpaired) electrons. The van der Waals surface area contributed by atoms with Gasteiger partial charge in [0.15, 0.2) is 0 Å². The third-order valence-corrected chi connectivity index (χ3v) is 3.06. The van der Waals surface area contributed by atoms with E-state index in [1.54, 1.807) is 6.20 Å². The number of nitrogens with zero attached hydrogens (tertiary/aromatic N) is 1. The van der Waals surface area contributed by atoms with Gasteiger partial charge in [0.05, 0.1) is 6.42 Å². The fourth-order valence-corrected chi connectivity index (χ4v) is 1.99. The second kappa shape index (κ2) is 5.14. The molecule has 4 nitrogen and oxygen atoms in total. The number of halogens is 1. The highest BCUT2D eigenvalue weighted by Gasteiger charge is 2.07. The molecule has 88 valence electrons. The molecule has 0 spiro atoms. The van der Waals surface area contributed by atoms with E-state index in [-0.39, 0.29) is 6.42 Å². The summed E-state index contributed by atoms with van der Waals surface area (Å²) in [4.78, 5) is 17.8. The lowest BCUT2D eigenvalue weighted by atomic mass is 10.2. The Morgan fingerprint density at radius 3 is 2.88 bits per heavy atom. The highest BCUT2D eigenvalue weighted by atomic mass is 79.9. The molecule has 2 rings (SSSR count). The van der Waals surface area contributed by atoms with Crippen LogP contribution in [0.25, 0.3) is 11.4 Å². The maximum absolute atomic E-state index is 10.5. The summed E-state index contributed by atoms with van der Waals surface area (Å²) in [5.74, 6) is -0.0556. The van der Waals surface area contributed by atoms with Gasteiger partial charge in [0, 0.05) is 21.9 Å². The van der Waals surface area contributed by atoms with Gasteiger partial charge in [0.25, 0.3) is 0 Å². The number of carboxylic acid groups (broad SMARTS) is 1. The topological polar surface area (TPSA) is 66.0 Å². The van der Waals surface area contributed by atoms with Crippen molar-refractivity contribution in [2.75, 3.05) is 0 Å². The number of imidazole rings is 1. The first-order chi connectivity index (χ1) is 8.16.